The van der Waals surface area contributed by atoms with Crippen molar-refractivity contribution in [2.24, 2.45) is 5.73 Å². The number of hydrogen-bond acceptors (Lipinski definition) is 4. The summed E-state index contributed by atoms with van der Waals surface area (Å²) in [6.45, 7) is 5.41. The van der Waals surface area contributed by atoms with Crippen molar-refractivity contribution in [2.45, 2.75) is 30.5 Å². The van der Waals surface area contributed by atoms with E-state index in [0.717, 1.165) is 16.9 Å². The second-order valence-electron chi connectivity index (χ2n) is 4.97. The van der Waals surface area contributed by atoms with E-state index in [9.17, 15) is 8.42 Å². The molecule has 1 fully saturated rings. The maximum absolute atomic E-state index is 12.8. The van der Waals surface area contributed by atoms with Crippen LogP contribution in [0.25, 0.3) is 0 Å². The first-order chi connectivity index (χ1) is 9.36. The Morgan fingerprint density at radius 2 is 2.20 bits per heavy atom. The van der Waals surface area contributed by atoms with E-state index >= 15 is 0 Å². The summed E-state index contributed by atoms with van der Waals surface area (Å²) >= 11 is 5.22. The van der Waals surface area contributed by atoms with Crippen LogP contribution in [0, 0.1) is 6.92 Å². The van der Waals surface area contributed by atoms with E-state index in [0.29, 0.717) is 34.3 Å². The van der Waals surface area contributed by atoms with Gasteiger partial charge in [0.2, 0.25) is 10.0 Å². The molecule has 1 aromatic rings. The third kappa shape index (κ3) is 3.22. The molecule has 1 aromatic carbocycles. The SMILES string of the molecule is Cc1cc(CN)cc(S(=O)(=O)N2CCSC(C)C2)c1Br. The Balaban J connectivity index is 2.46. The van der Waals surface area contributed by atoms with Gasteiger partial charge in [-0.25, -0.2) is 8.42 Å². The first-order valence-corrected chi connectivity index (χ1v) is 9.75. The zero-order valence-electron chi connectivity index (χ0n) is 11.6. The van der Waals surface area contributed by atoms with Crippen molar-refractivity contribution in [1.29, 1.82) is 0 Å². The smallest absolute Gasteiger partial charge is 0.244 e. The molecule has 1 heterocycles. The number of aryl methyl sites for hydroxylation is 1. The Bertz CT molecular complexity index is 605. The Labute approximate surface area is 133 Å². The van der Waals surface area contributed by atoms with Gasteiger partial charge in [0.15, 0.2) is 0 Å². The normalized spacial score (nSPS) is 21.1. The molecule has 4 nitrogen and oxygen atoms in total. The highest BCUT2D eigenvalue weighted by Crippen LogP contribution is 2.31. The Morgan fingerprint density at radius 1 is 1.50 bits per heavy atom. The van der Waals surface area contributed by atoms with Crippen molar-refractivity contribution in [2.75, 3.05) is 18.8 Å². The predicted molar refractivity (Wildman–Crippen MR) is 87.4 cm³/mol. The lowest BCUT2D eigenvalue weighted by Crippen LogP contribution is -2.41. The van der Waals surface area contributed by atoms with E-state index in [1.807, 2.05) is 24.8 Å². The van der Waals surface area contributed by atoms with E-state index in [1.165, 1.54) is 0 Å². The van der Waals surface area contributed by atoms with Gasteiger partial charge in [-0.05, 0) is 40.0 Å². The maximum atomic E-state index is 12.8. The minimum absolute atomic E-state index is 0.330. The van der Waals surface area contributed by atoms with Gasteiger partial charge in [-0.15, -0.1) is 0 Å². The summed E-state index contributed by atoms with van der Waals surface area (Å²) in [7, 11) is -3.46. The molecule has 1 unspecified atom stereocenters. The summed E-state index contributed by atoms with van der Waals surface area (Å²) in [5.74, 6) is 0.841. The molecule has 20 heavy (non-hydrogen) atoms. The fraction of sp³-hybridized carbons (Fsp3) is 0.538. The molecule has 7 heteroatoms. The quantitative estimate of drug-likeness (QED) is 0.876. The van der Waals surface area contributed by atoms with Crippen LogP contribution in [0.4, 0.5) is 0 Å². The standard InChI is InChI=1S/C13H19BrN2O2S2/c1-9-5-11(7-15)6-12(13(9)14)20(17,18)16-3-4-19-10(2)8-16/h5-6,10H,3-4,7-8,15H2,1-2H3. The molecule has 2 rings (SSSR count). The fourth-order valence-corrected chi connectivity index (χ4v) is 6.04. The monoisotopic (exact) mass is 378 g/mol. The summed E-state index contributed by atoms with van der Waals surface area (Å²) in [5, 5.41) is 0.330. The van der Waals surface area contributed by atoms with E-state index in [-0.39, 0.29) is 0 Å². The highest BCUT2D eigenvalue weighted by Gasteiger charge is 2.31. The van der Waals surface area contributed by atoms with Crippen molar-refractivity contribution in [1.82, 2.24) is 4.31 Å². The third-order valence-electron chi connectivity index (χ3n) is 3.34. The largest absolute Gasteiger partial charge is 0.326 e. The number of halogens is 1. The molecule has 0 amide bonds. The van der Waals surface area contributed by atoms with E-state index in [1.54, 1.807) is 10.4 Å². The molecule has 1 aliphatic heterocycles. The van der Waals surface area contributed by atoms with Crippen molar-refractivity contribution >= 4 is 37.7 Å². The first kappa shape index (κ1) is 16.3. The molecule has 0 aromatic heterocycles. The summed E-state index contributed by atoms with van der Waals surface area (Å²) in [6, 6.07) is 3.59. The number of hydrogen-bond donors (Lipinski definition) is 1. The molecular formula is C13H19BrN2O2S2. The zero-order chi connectivity index (χ0) is 14.9. The number of benzene rings is 1. The van der Waals surface area contributed by atoms with Gasteiger partial charge in [-0.1, -0.05) is 13.0 Å². The first-order valence-electron chi connectivity index (χ1n) is 6.47. The van der Waals surface area contributed by atoms with Crippen LogP contribution in [0.5, 0.6) is 0 Å². The minimum atomic E-state index is -3.46. The van der Waals surface area contributed by atoms with Crippen LogP contribution in [-0.2, 0) is 16.6 Å². The molecule has 2 N–H and O–H groups in total. The van der Waals surface area contributed by atoms with Crippen LogP contribution in [0.1, 0.15) is 18.1 Å². The lowest BCUT2D eigenvalue weighted by atomic mass is 10.1. The number of nitrogens with zero attached hydrogens (tertiary/aromatic N) is 1. The summed E-state index contributed by atoms with van der Waals surface area (Å²) in [6.07, 6.45) is 0. The van der Waals surface area contributed by atoms with Gasteiger partial charge in [0, 0.05) is 35.1 Å². The zero-order valence-corrected chi connectivity index (χ0v) is 14.8. The molecule has 1 aliphatic rings. The van der Waals surface area contributed by atoms with Crippen LogP contribution in [0.2, 0.25) is 0 Å². The van der Waals surface area contributed by atoms with Crippen molar-refractivity contribution in [3.63, 3.8) is 0 Å². The van der Waals surface area contributed by atoms with Gasteiger partial charge in [0.05, 0.1) is 4.90 Å². The number of rotatable bonds is 3. The van der Waals surface area contributed by atoms with Gasteiger partial charge in [0.25, 0.3) is 0 Å². The molecule has 112 valence electrons. The fourth-order valence-electron chi connectivity index (χ4n) is 2.26. The molecule has 0 aliphatic carbocycles. The molecule has 1 saturated heterocycles. The van der Waals surface area contributed by atoms with Gasteiger partial charge in [0.1, 0.15) is 0 Å². The third-order valence-corrected chi connectivity index (χ3v) is 7.68. The second-order valence-corrected chi connectivity index (χ2v) is 9.22. The van der Waals surface area contributed by atoms with Gasteiger partial charge >= 0.3 is 0 Å². The Morgan fingerprint density at radius 3 is 2.80 bits per heavy atom. The van der Waals surface area contributed by atoms with Crippen LogP contribution in [0.3, 0.4) is 0 Å². The van der Waals surface area contributed by atoms with Crippen LogP contribution >= 0.6 is 27.7 Å². The number of sulfonamides is 1. The van der Waals surface area contributed by atoms with Crippen molar-refractivity contribution in [3.05, 3.63) is 27.7 Å². The topological polar surface area (TPSA) is 63.4 Å². The van der Waals surface area contributed by atoms with Crippen molar-refractivity contribution < 1.29 is 8.42 Å². The molecule has 0 saturated carbocycles. The van der Waals surface area contributed by atoms with Gasteiger partial charge in [-0.2, -0.15) is 16.1 Å². The van der Waals surface area contributed by atoms with E-state index in [2.05, 4.69) is 22.9 Å². The molecular weight excluding hydrogens is 360 g/mol. The second kappa shape index (κ2) is 6.36. The number of thioether (sulfide) groups is 1. The molecule has 1 atom stereocenters. The Kier molecular flexibility index (Phi) is 5.18. The summed E-state index contributed by atoms with van der Waals surface area (Å²) in [4.78, 5) is 0.331. The summed E-state index contributed by atoms with van der Waals surface area (Å²) < 4.78 is 27.9. The predicted octanol–water partition coefficient (Wildman–Crippen LogP) is 2.34. The minimum Gasteiger partial charge on any atom is -0.326 e. The molecule has 0 bridgehead atoms. The van der Waals surface area contributed by atoms with E-state index < -0.39 is 10.0 Å². The van der Waals surface area contributed by atoms with Gasteiger partial charge < -0.3 is 5.73 Å². The molecule has 0 radical (unpaired) electrons. The number of nitrogens with two attached hydrogens (primary N) is 1. The average Bonchev–Trinajstić information content (AvgIpc) is 2.41. The lowest BCUT2D eigenvalue weighted by Gasteiger charge is -2.30. The molecule has 0 spiro atoms. The maximum Gasteiger partial charge on any atom is 0.244 e. The Hall–Kier alpha value is -0.0800. The lowest BCUT2D eigenvalue weighted by molar-refractivity contribution is 0.424. The van der Waals surface area contributed by atoms with Crippen molar-refractivity contribution in [3.8, 4) is 0 Å². The van der Waals surface area contributed by atoms with Crippen LogP contribution < -0.4 is 5.73 Å². The summed E-state index contributed by atoms with van der Waals surface area (Å²) in [5.41, 5.74) is 7.39. The highest BCUT2D eigenvalue weighted by molar-refractivity contribution is 9.10. The van der Waals surface area contributed by atoms with Crippen LogP contribution in [-0.4, -0.2) is 36.8 Å². The van der Waals surface area contributed by atoms with Crippen LogP contribution in [0.15, 0.2) is 21.5 Å². The average molecular weight is 379 g/mol. The van der Waals surface area contributed by atoms with E-state index in [4.69, 9.17) is 5.73 Å². The van der Waals surface area contributed by atoms with Gasteiger partial charge in [-0.3, -0.25) is 0 Å². The highest BCUT2D eigenvalue weighted by atomic mass is 79.9.